The van der Waals surface area contributed by atoms with E-state index < -0.39 is 24.6 Å². The van der Waals surface area contributed by atoms with Gasteiger partial charge in [0.05, 0.1) is 26.4 Å². The van der Waals surface area contributed by atoms with Gasteiger partial charge in [-0.15, -0.1) is 0 Å². The van der Waals surface area contributed by atoms with Crippen LogP contribution in [0.15, 0.2) is 169 Å². The van der Waals surface area contributed by atoms with Gasteiger partial charge in [-0.05, 0) is 46.4 Å². The molecule has 0 saturated heterocycles. The van der Waals surface area contributed by atoms with Crippen molar-refractivity contribution in [3.63, 3.8) is 0 Å². The van der Waals surface area contributed by atoms with E-state index in [1.54, 1.807) is 7.11 Å². The van der Waals surface area contributed by atoms with Gasteiger partial charge in [0.1, 0.15) is 30.7 Å². The van der Waals surface area contributed by atoms with Crippen molar-refractivity contribution in [2.45, 2.75) is 58.0 Å². The molecule has 0 radical (unpaired) electrons. The van der Waals surface area contributed by atoms with Gasteiger partial charge in [-0.2, -0.15) is 0 Å². The number of ether oxygens (including phenoxy) is 6. The highest BCUT2D eigenvalue weighted by Gasteiger charge is 2.43. The van der Waals surface area contributed by atoms with E-state index in [0.29, 0.717) is 32.2 Å². The van der Waals surface area contributed by atoms with Gasteiger partial charge in [-0.3, -0.25) is 0 Å². The third-order valence-electron chi connectivity index (χ3n) is 8.76. The molecule has 1 aliphatic heterocycles. The highest BCUT2D eigenvalue weighted by molar-refractivity contribution is 5.67. The lowest BCUT2D eigenvalue weighted by atomic mass is 10.00. The van der Waals surface area contributed by atoms with E-state index in [0.717, 1.165) is 39.0 Å². The Morgan fingerprint density at radius 2 is 1.06 bits per heavy atom. The summed E-state index contributed by atoms with van der Waals surface area (Å²) < 4.78 is 40.0. The Bertz CT molecular complexity index is 1790. The zero-order valence-corrected chi connectivity index (χ0v) is 29.3. The summed E-state index contributed by atoms with van der Waals surface area (Å²) in [5.41, 5.74) is 6.99. The van der Waals surface area contributed by atoms with Crippen molar-refractivity contribution in [3.05, 3.63) is 197 Å². The number of allylic oxidation sites excluding steroid dienone is 1. The highest BCUT2D eigenvalue weighted by atomic mass is 16.7. The Morgan fingerprint density at radius 3 is 1.59 bits per heavy atom. The molecule has 0 aliphatic carbocycles. The van der Waals surface area contributed by atoms with Crippen LogP contribution in [0.4, 0.5) is 0 Å². The molecule has 4 atom stereocenters. The van der Waals surface area contributed by atoms with Crippen LogP contribution >= 0.6 is 0 Å². The van der Waals surface area contributed by atoms with Crippen LogP contribution in [0, 0.1) is 0 Å². The fourth-order valence-electron chi connectivity index (χ4n) is 6.07. The molecule has 0 N–H and O–H groups in total. The second-order valence-electron chi connectivity index (χ2n) is 12.5. The molecule has 51 heavy (non-hydrogen) atoms. The summed E-state index contributed by atoms with van der Waals surface area (Å²) in [6, 6.07) is 50.8. The van der Waals surface area contributed by atoms with Crippen LogP contribution in [0.1, 0.15) is 34.7 Å². The van der Waals surface area contributed by atoms with Crippen LogP contribution in [0.5, 0.6) is 0 Å². The van der Waals surface area contributed by atoms with Gasteiger partial charge in [0.25, 0.3) is 0 Å². The van der Waals surface area contributed by atoms with Crippen LogP contribution in [0.3, 0.4) is 0 Å². The Kier molecular flexibility index (Phi) is 13.4. The standard InChI is InChI=1S/C45H46O6/c1-34(39-26-16-7-17-27-39)28-40-42(48-30-36-20-10-4-11-21-36)44(50-32-38-24-14-6-15-25-38)43(49-31-37-22-12-5-13-23-37)41(51-45(40)46-2)33-47-29-35-18-8-3-9-19-35/h3-28,41,43-45H,29-33H2,1-2H3/b34-28+/t41-,43-,44-,45+/m1/s1. The summed E-state index contributed by atoms with van der Waals surface area (Å²) in [4.78, 5) is 0. The van der Waals surface area contributed by atoms with Crippen LogP contribution in [-0.2, 0) is 54.8 Å². The number of benzene rings is 5. The number of hydrogen-bond donors (Lipinski definition) is 0. The van der Waals surface area contributed by atoms with Gasteiger partial charge < -0.3 is 28.4 Å². The molecule has 0 fully saturated rings. The van der Waals surface area contributed by atoms with E-state index in [1.165, 1.54) is 0 Å². The lowest BCUT2D eigenvalue weighted by molar-refractivity contribution is -0.202. The summed E-state index contributed by atoms with van der Waals surface area (Å²) >= 11 is 0. The number of rotatable bonds is 16. The van der Waals surface area contributed by atoms with Crippen LogP contribution in [0.2, 0.25) is 0 Å². The summed E-state index contributed by atoms with van der Waals surface area (Å²) in [5.74, 6) is 0.598. The van der Waals surface area contributed by atoms with Crippen molar-refractivity contribution in [3.8, 4) is 0 Å². The molecule has 6 heteroatoms. The van der Waals surface area contributed by atoms with E-state index in [2.05, 4.69) is 61.5 Å². The van der Waals surface area contributed by atoms with E-state index >= 15 is 0 Å². The van der Waals surface area contributed by atoms with E-state index in [-0.39, 0.29) is 6.61 Å². The minimum atomic E-state index is -0.798. The monoisotopic (exact) mass is 682 g/mol. The third-order valence-corrected chi connectivity index (χ3v) is 8.76. The molecule has 0 saturated carbocycles. The smallest absolute Gasteiger partial charge is 0.187 e. The molecule has 5 aromatic rings. The summed E-state index contributed by atoms with van der Waals surface area (Å²) in [5, 5.41) is 0. The minimum absolute atomic E-state index is 0.236. The molecule has 0 amide bonds. The molecule has 5 aromatic carbocycles. The molecule has 0 bridgehead atoms. The molecule has 0 spiro atoms. The average Bonchev–Trinajstić information content (AvgIpc) is 3.30. The SMILES string of the molecule is CO[C@H]1O[C@H](COCc2ccccc2)[C@@H](OCc2ccccc2)[C@H](OCc2ccccc2)C(OCc2ccccc2)=C1/C=C(\C)c1ccccc1. The normalized spacial score (nSPS) is 19.5. The zero-order valence-electron chi connectivity index (χ0n) is 29.3. The average molecular weight is 683 g/mol. The van der Waals surface area contributed by atoms with Crippen LogP contribution < -0.4 is 0 Å². The van der Waals surface area contributed by atoms with Crippen molar-refractivity contribution in [2.75, 3.05) is 13.7 Å². The fraction of sp³-hybridized carbons (Fsp3) is 0.244. The molecular formula is C45H46O6. The second-order valence-corrected chi connectivity index (χ2v) is 12.5. The second kappa shape index (κ2) is 19.0. The van der Waals surface area contributed by atoms with Gasteiger partial charge in [-0.1, -0.05) is 152 Å². The Morgan fingerprint density at radius 1 is 0.588 bits per heavy atom. The van der Waals surface area contributed by atoms with Crippen LogP contribution in [0.25, 0.3) is 5.57 Å². The number of methoxy groups -OCH3 is 1. The molecule has 262 valence electrons. The molecule has 6 nitrogen and oxygen atoms in total. The zero-order chi connectivity index (χ0) is 35.1. The van der Waals surface area contributed by atoms with Crippen molar-refractivity contribution in [1.82, 2.24) is 0 Å². The third kappa shape index (κ3) is 10.4. The first-order valence-corrected chi connectivity index (χ1v) is 17.4. The maximum atomic E-state index is 6.93. The molecule has 0 aromatic heterocycles. The van der Waals surface area contributed by atoms with Crippen LogP contribution in [-0.4, -0.2) is 38.3 Å². The maximum absolute atomic E-state index is 6.93. The Labute approximate surface area is 301 Å². The quantitative estimate of drug-likeness (QED) is 0.103. The molecular weight excluding hydrogens is 636 g/mol. The first kappa shape index (κ1) is 36.0. The molecule has 1 aliphatic rings. The summed E-state index contributed by atoms with van der Waals surface area (Å²) in [6.45, 7) is 3.73. The predicted molar refractivity (Wildman–Crippen MR) is 200 cm³/mol. The first-order chi connectivity index (χ1) is 25.2. The van der Waals surface area contributed by atoms with Gasteiger partial charge in [-0.25, -0.2) is 0 Å². The lowest BCUT2D eigenvalue weighted by Gasteiger charge is -2.33. The van der Waals surface area contributed by atoms with Gasteiger partial charge in [0.15, 0.2) is 6.29 Å². The maximum Gasteiger partial charge on any atom is 0.187 e. The topological polar surface area (TPSA) is 55.4 Å². The van der Waals surface area contributed by atoms with Crippen molar-refractivity contribution in [1.29, 1.82) is 0 Å². The summed E-state index contributed by atoms with van der Waals surface area (Å²) in [7, 11) is 1.65. The highest BCUT2D eigenvalue weighted by Crippen LogP contribution is 2.35. The Hall–Kier alpha value is -4.82. The van der Waals surface area contributed by atoms with Gasteiger partial charge in [0, 0.05) is 12.7 Å². The summed E-state index contributed by atoms with van der Waals surface area (Å²) in [6.07, 6.45) is -0.604. The fourth-order valence-corrected chi connectivity index (χ4v) is 6.07. The van der Waals surface area contributed by atoms with E-state index in [1.807, 2.05) is 103 Å². The largest absolute Gasteiger partial charge is 0.490 e. The van der Waals surface area contributed by atoms with Gasteiger partial charge >= 0.3 is 0 Å². The molecule has 6 rings (SSSR count). The first-order valence-electron chi connectivity index (χ1n) is 17.4. The minimum Gasteiger partial charge on any atom is -0.490 e. The van der Waals surface area contributed by atoms with E-state index in [9.17, 15) is 0 Å². The number of hydrogen-bond acceptors (Lipinski definition) is 6. The molecule has 1 heterocycles. The molecule has 0 unspecified atom stereocenters. The lowest BCUT2D eigenvalue weighted by Crippen LogP contribution is -2.45. The Balaban J connectivity index is 1.44. The van der Waals surface area contributed by atoms with Gasteiger partial charge in [0.2, 0.25) is 0 Å². The van der Waals surface area contributed by atoms with Crippen molar-refractivity contribution < 1.29 is 28.4 Å². The van der Waals surface area contributed by atoms with Crippen molar-refractivity contribution in [2.24, 2.45) is 0 Å². The van der Waals surface area contributed by atoms with E-state index in [4.69, 9.17) is 28.4 Å². The predicted octanol–water partition coefficient (Wildman–Crippen LogP) is 9.32. The van der Waals surface area contributed by atoms with Crippen molar-refractivity contribution >= 4 is 5.57 Å².